The molecule has 0 radical (unpaired) electrons. The minimum atomic E-state index is -3.38. The van der Waals surface area contributed by atoms with Gasteiger partial charge < -0.3 is 10.3 Å². The molecule has 2 heterocycles. The van der Waals surface area contributed by atoms with Gasteiger partial charge in [-0.05, 0) is 54.6 Å². The quantitative estimate of drug-likeness (QED) is 0.329. The predicted octanol–water partition coefficient (Wildman–Crippen LogP) is 4.48. The number of rotatable bonds is 6. The molecule has 7 nitrogen and oxygen atoms in total. The molecule has 170 valence electrons. The van der Waals surface area contributed by atoms with Crippen molar-refractivity contribution in [2.75, 3.05) is 0 Å². The van der Waals surface area contributed by atoms with Crippen LogP contribution in [0.3, 0.4) is 0 Å². The normalized spacial score (nSPS) is 11.8. The van der Waals surface area contributed by atoms with Crippen LogP contribution in [0.25, 0.3) is 22.4 Å². The van der Waals surface area contributed by atoms with E-state index in [1.54, 1.807) is 50.4 Å². The van der Waals surface area contributed by atoms with Crippen molar-refractivity contribution >= 4 is 49.5 Å². The smallest absolute Gasteiger partial charge is 0.255 e. The summed E-state index contributed by atoms with van der Waals surface area (Å²) in [5, 5.41) is 2.20. The average Bonchev–Trinajstić information content (AvgIpc) is 3.23. The highest BCUT2D eigenvalue weighted by Gasteiger charge is 2.20. The van der Waals surface area contributed by atoms with Crippen molar-refractivity contribution in [2.45, 2.75) is 30.5 Å². The number of benzene rings is 2. The number of amides is 1. The third-order valence-electron chi connectivity index (χ3n) is 5.20. The predicted molar refractivity (Wildman–Crippen MR) is 132 cm³/mol. The van der Waals surface area contributed by atoms with Gasteiger partial charge in [0.05, 0.1) is 27.6 Å². The number of H-pyrrole nitrogens is 1. The monoisotopic (exact) mass is 578 g/mol. The Morgan fingerprint density at radius 2 is 1.91 bits per heavy atom. The molecule has 2 N–H and O–H groups in total. The first-order valence-corrected chi connectivity index (χ1v) is 12.7. The molecular weight excluding hydrogens is 558 g/mol. The molecule has 4 aromatic rings. The minimum Gasteiger partial charge on any atom is -0.348 e. The Labute approximate surface area is 203 Å². The Bertz CT molecular complexity index is 1450. The number of aromatic nitrogens is 3. The molecule has 0 unspecified atom stereocenters. The molecule has 0 spiro atoms. The second-order valence-electron chi connectivity index (χ2n) is 7.67. The Morgan fingerprint density at radius 3 is 2.61 bits per heavy atom. The van der Waals surface area contributed by atoms with Crippen LogP contribution in [0.1, 0.15) is 29.8 Å². The number of sulfone groups is 1. The Morgan fingerprint density at radius 1 is 1.18 bits per heavy atom. The summed E-state index contributed by atoms with van der Waals surface area (Å²) < 4.78 is 39.4. The summed E-state index contributed by atoms with van der Waals surface area (Å²) >= 11 is 1.90. The lowest BCUT2D eigenvalue weighted by Gasteiger charge is -2.09. The number of nitrogens with one attached hydrogen (secondary N) is 2. The number of aromatic amines is 1. The van der Waals surface area contributed by atoms with Crippen LogP contribution in [-0.4, -0.2) is 34.5 Å². The van der Waals surface area contributed by atoms with Gasteiger partial charge in [-0.1, -0.05) is 24.3 Å². The van der Waals surface area contributed by atoms with Crippen molar-refractivity contribution in [2.24, 2.45) is 0 Å². The van der Waals surface area contributed by atoms with E-state index in [1.165, 1.54) is 18.3 Å². The topological polar surface area (TPSA) is 105 Å². The van der Waals surface area contributed by atoms with Gasteiger partial charge in [0.2, 0.25) is 0 Å². The molecule has 0 fully saturated rings. The van der Waals surface area contributed by atoms with Crippen LogP contribution in [0.5, 0.6) is 0 Å². The molecule has 2 aromatic carbocycles. The van der Waals surface area contributed by atoms with Crippen molar-refractivity contribution < 1.29 is 17.6 Å². The molecule has 2 aromatic heterocycles. The van der Waals surface area contributed by atoms with Crippen molar-refractivity contribution in [3.05, 3.63) is 75.4 Å². The molecule has 0 saturated carbocycles. The van der Waals surface area contributed by atoms with Crippen LogP contribution < -0.4 is 5.32 Å². The van der Waals surface area contributed by atoms with Gasteiger partial charge in [0.25, 0.3) is 5.91 Å². The summed E-state index contributed by atoms with van der Waals surface area (Å²) in [5.41, 5.74) is 2.63. The van der Waals surface area contributed by atoms with Gasteiger partial charge in [-0.2, -0.15) is 0 Å². The van der Waals surface area contributed by atoms with Crippen molar-refractivity contribution in [3.8, 4) is 11.3 Å². The summed E-state index contributed by atoms with van der Waals surface area (Å²) in [4.78, 5) is 24.8. The molecule has 0 aliphatic heterocycles. The fourth-order valence-electron chi connectivity index (χ4n) is 3.25. The molecule has 1 amide bonds. The van der Waals surface area contributed by atoms with Gasteiger partial charge in [-0.3, -0.25) is 4.79 Å². The van der Waals surface area contributed by atoms with Crippen molar-refractivity contribution in [1.82, 2.24) is 20.3 Å². The number of hydrogen-bond donors (Lipinski definition) is 2. The maximum Gasteiger partial charge on any atom is 0.255 e. The van der Waals surface area contributed by atoms with E-state index >= 15 is 0 Å². The first kappa shape index (κ1) is 23.3. The van der Waals surface area contributed by atoms with Crippen molar-refractivity contribution in [1.29, 1.82) is 0 Å². The lowest BCUT2D eigenvalue weighted by Crippen LogP contribution is -2.23. The van der Waals surface area contributed by atoms with Crippen LogP contribution in [0.4, 0.5) is 4.39 Å². The summed E-state index contributed by atoms with van der Waals surface area (Å²) in [6.45, 7) is 3.30. The highest BCUT2D eigenvalue weighted by molar-refractivity contribution is 14.1. The van der Waals surface area contributed by atoms with Gasteiger partial charge in [-0.15, -0.1) is 0 Å². The zero-order valence-electron chi connectivity index (χ0n) is 17.8. The van der Waals surface area contributed by atoms with Crippen LogP contribution >= 0.6 is 22.6 Å². The summed E-state index contributed by atoms with van der Waals surface area (Å²) in [6.07, 6.45) is 3.06. The second-order valence-corrected chi connectivity index (χ2v) is 11.3. The molecule has 10 heteroatoms. The molecule has 0 aliphatic carbocycles. The Balaban J connectivity index is 1.60. The van der Waals surface area contributed by atoms with E-state index in [2.05, 4.69) is 20.3 Å². The van der Waals surface area contributed by atoms with Gasteiger partial charge in [0, 0.05) is 27.4 Å². The molecule has 0 atom stereocenters. The van der Waals surface area contributed by atoms with E-state index in [0.717, 1.165) is 0 Å². The molecule has 0 saturated heterocycles. The lowest BCUT2D eigenvalue weighted by atomic mass is 10.1. The molecule has 0 aliphatic rings. The highest BCUT2D eigenvalue weighted by Crippen LogP contribution is 2.24. The van der Waals surface area contributed by atoms with Gasteiger partial charge in [0.15, 0.2) is 15.5 Å². The fourth-order valence-corrected chi connectivity index (χ4v) is 4.86. The number of fused-ring (bicyclic) bond motifs is 1. The van der Waals surface area contributed by atoms with Crippen LogP contribution in [0, 0.1) is 9.39 Å². The number of carbonyl (C=O) groups is 1. The number of halogens is 2. The molecule has 4 rings (SSSR count). The Hall–Kier alpha value is -2.86. The van der Waals surface area contributed by atoms with Crippen LogP contribution in [-0.2, 0) is 16.4 Å². The van der Waals surface area contributed by atoms with Crippen LogP contribution in [0.15, 0.2) is 59.8 Å². The highest BCUT2D eigenvalue weighted by atomic mass is 127. The van der Waals surface area contributed by atoms with Gasteiger partial charge in [0.1, 0.15) is 11.3 Å². The summed E-state index contributed by atoms with van der Waals surface area (Å²) in [6, 6.07) is 11.4. The van der Waals surface area contributed by atoms with Gasteiger partial charge in [-0.25, -0.2) is 22.8 Å². The largest absolute Gasteiger partial charge is 0.348 e. The standard InChI is InChI=1S/C23H20FIN4O3S/c1-13(2)33(31,32)16-8-6-14(7-9-16)19-12-27-22-21(29-19)17(11-26-22)23(30)28-10-15-4-3-5-18(25)20(15)24/h3-9,11-13H,10H2,1-2H3,(H,26,27)(H,28,30). The maximum absolute atomic E-state index is 14.2. The van der Waals surface area contributed by atoms with E-state index in [9.17, 15) is 17.6 Å². The van der Waals surface area contributed by atoms with E-state index in [-0.39, 0.29) is 22.8 Å². The van der Waals surface area contributed by atoms with Gasteiger partial charge >= 0.3 is 0 Å². The minimum absolute atomic E-state index is 0.0348. The first-order valence-electron chi connectivity index (χ1n) is 10.1. The van der Waals surface area contributed by atoms with Crippen LogP contribution in [0.2, 0.25) is 0 Å². The number of nitrogens with zero attached hydrogens (tertiary/aromatic N) is 2. The summed E-state index contributed by atoms with van der Waals surface area (Å²) in [5.74, 6) is -0.772. The fraction of sp³-hybridized carbons (Fsp3) is 0.174. The summed E-state index contributed by atoms with van der Waals surface area (Å²) in [7, 11) is -3.38. The first-order chi connectivity index (χ1) is 15.7. The van der Waals surface area contributed by atoms with E-state index in [0.29, 0.717) is 31.6 Å². The molecule has 33 heavy (non-hydrogen) atoms. The lowest BCUT2D eigenvalue weighted by molar-refractivity contribution is 0.0952. The number of carbonyl (C=O) groups excluding carboxylic acids is 1. The Kier molecular flexibility index (Phi) is 6.48. The zero-order valence-corrected chi connectivity index (χ0v) is 20.7. The van der Waals surface area contributed by atoms with E-state index in [1.807, 2.05) is 22.6 Å². The molecule has 0 bridgehead atoms. The molecular formula is C23H20FIN4O3S. The third-order valence-corrected chi connectivity index (χ3v) is 8.20. The van der Waals surface area contributed by atoms with Crippen molar-refractivity contribution in [3.63, 3.8) is 0 Å². The van der Waals surface area contributed by atoms with E-state index in [4.69, 9.17) is 0 Å². The maximum atomic E-state index is 14.2. The van der Waals surface area contributed by atoms with E-state index < -0.39 is 21.0 Å². The zero-order chi connectivity index (χ0) is 23.8. The average molecular weight is 578 g/mol. The second kappa shape index (κ2) is 9.18. The third kappa shape index (κ3) is 4.62. The number of hydrogen-bond acceptors (Lipinski definition) is 5. The SMILES string of the molecule is CC(C)S(=O)(=O)c1ccc(-c2cnc3[nH]cc(C(=O)NCc4cccc(I)c4F)c3n2)cc1.